The third-order valence-corrected chi connectivity index (χ3v) is 1.31. The van der Waals surface area contributed by atoms with Crippen molar-refractivity contribution in [1.29, 1.82) is 0 Å². The molecule has 0 aromatic heterocycles. The quantitative estimate of drug-likeness (QED) is 0.499. The highest BCUT2D eigenvalue weighted by molar-refractivity contribution is 6.27. The van der Waals surface area contributed by atoms with E-state index in [1.807, 2.05) is 0 Å². The summed E-state index contributed by atoms with van der Waals surface area (Å²) in [6, 6.07) is 0. The van der Waals surface area contributed by atoms with E-state index in [9.17, 15) is 13.2 Å². The molecule has 0 aromatic carbocycles. The van der Waals surface area contributed by atoms with Crippen molar-refractivity contribution in [3.8, 4) is 0 Å². The number of rotatable bonds is 3. The first kappa shape index (κ1) is 10.6. The van der Waals surface area contributed by atoms with Gasteiger partial charge >= 0.3 is 6.18 Å². The molecular formula is C6H10BF3O. The van der Waals surface area contributed by atoms with Crippen LogP contribution in [-0.2, 0) is 0 Å². The molecule has 64 valence electrons. The molecule has 0 heterocycles. The minimum atomic E-state index is -4.32. The van der Waals surface area contributed by atoms with Gasteiger partial charge in [0.1, 0.15) is 0 Å². The summed E-state index contributed by atoms with van der Waals surface area (Å²) < 4.78 is 35.3. The van der Waals surface area contributed by atoms with Gasteiger partial charge in [0.05, 0.1) is 0 Å². The highest BCUT2D eigenvalue weighted by Crippen LogP contribution is 2.29. The minimum Gasteiger partial charge on any atom is -0.454 e. The Hall–Kier alpha value is -0.445. The van der Waals surface area contributed by atoms with Gasteiger partial charge < -0.3 is 5.02 Å². The lowest BCUT2D eigenvalue weighted by atomic mass is 9.78. The fourth-order valence-corrected chi connectivity index (χ4v) is 0.601. The van der Waals surface area contributed by atoms with E-state index in [2.05, 4.69) is 6.58 Å². The smallest absolute Gasteiger partial charge is 0.412 e. The summed E-state index contributed by atoms with van der Waals surface area (Å²) in [5.74, 6) is -0.371. The van der Waals surface area contributed by atoms with Crippen LogP contribution in [0.2, 0.25) is 5.82 Å². The van der Waals surface area contributed by atoms with Crippen molar-refractivity contribution < 1.29 is 18.2 Å². The number of halogens is 3. The Labute approximate surface area is 64.2 Å². The van der Waals surface area contributed by atoms with Crippen LogP contribution in [0.5, 0.6) is 0 Å². The lowest BCUT2D eigenvalue weighted by molar-refractivity contribution is -0.0936. The van der Waals surface area contributed by atoms with Crippen molar-refractivity contribution in [2.45, 2.75) is 25.3 Å². The first-order chi connectivity index (χ1) is 4.88. The second kappa shape index (κ2) is 3.81. The monoisotopic (exact) mass is 166 g/mol. The topological polar surface area (TPSA) is 20.2 Å². The molecule has 0 spiro atoms. The van der Waals surface area contributed by atoms with E-state index in [-0.39, 0.29) is 19.7 Å². The first-order valence-electron chi connectivity index (χ1n) is 3.23. The number of hydrogen-bond donors (Lipinski definition) is 1. The van der Waals surface area contributed by atoms with Crippen LogP contribution >= 0.6 is 0 Å². The molecule has 0 bridgehead atoms. The molecule has 0 saturated carbocycles. The highest BCUT2D eigenvalue weighted by atomic mass is 19.4. The Balaban J connectivity index is 3.88. The van der Waals surface area contributed by atoms with Gasteiger partial charge in [-0.1, -0.05) is 13.5 Å². The Kier molecular flexibility index (Phi) is 3.65. The van der Waals surface area contributed by atoms with Gasteiger partial charge in [0.25, 0.3) is 7.48 Å². The van der Waals surface area contributed by atoms with Crippen LogP contribution in [0.1, 0.15) is 13.3 Å². The van der Waals surface area contributed by atoms with Gasteiger partial charge in [-0.2, -0.15) is 13.2 Å². The van der Waals surface area contributed by atoms with Crippen LogP contribution in [0.4, 0.5) is 13.2 Å². The van der Waals surface area contributed by atoms with Gasteiger partial charge in [-0.25, -0.2) is 0 Å². The zero-order chi connectivity index (χ0) is 9.07. The van der Waals surface area contributed by atoms with Crippen molar-refractivity contribution in [1.82, 2.24) is 0 Å². The third-order valence-electron chi connectivity index (χ3n) is 1.31. The summed E-state index contributed by atoms with van der Waals surface area (Å²) in [6.07, 6.45) is -4.51. The zero-order valence-electron chi connectivity index (χ0n) is 6.28. The Morgan fingerprint density at radius 3 is 2.36 bits per heavy atom. The maximum Gasteiger partial charge on any atom is 0.412 e. The van der Waals surface area contributed by atoms with Crippen LogP contribution in [0.15, 0.2) is 12.2 Å². The average molecular weight is 166 g/mol. The van der Waals surface area contributed by atoms with Gasteiger partial charge in [0.2, 0.25) is 0 Å². The van der Waals surface area contributed by atoms with Crippen molar-refractivity contribution in [2.24, 2.45) is 0 Å². The second-order valence-corrected chi connectivity index (χ2v) is 2.59. The molecular weight excluding hydrogens is 156 g/mol. The van der Waals surface area contributed by atoms with E-state index < -0.39 is 11.7 Å². The molecule has 0 aliphatic rings. The van der Waals surface area contributed by atoms with Crippen LogP contribution in [0.25, 0.3) is 0 Å². The van der Waals surface area contributed by atoms with Gasteiger partial charge in [-0.3, -0.25) is 0 Å². The lowest BCUT2D eigenvalue weighted by Gasteiger charge is -2.12. The summed E-state index contributed by atoms with van der Waals surface area (Å²) in [4.78, 5) is 0. The van der Waals surface area contributed by atoms with E-state index in [4.69, 9.17) is 5.02 Å². The van der Waals surface area contributed by atoms with Crippen LogP contribution < -0.4 is 0 Å². The van der Waals surface area contributed by atoms with Crippen LogP contribution in [0.3, 0.4) is 0 Å². The molecule has 11 heavy (non-hydrogen) atoms. The van der Waals surface area contributed by atoms with Crippen molar-refractivity contribution in [3.63, 3.8) is 0 Å². The third kappa shape index (κ3) is 4.08. The standard InChI is InChI=1S/C6H10BF3O/c1-4(6(8,9)10)3-5(2)7-11/h5,7,11H,1,3H2,2H3. The van der Waals surface area contributed by atoms with E-state index in [1.165, 1.54) is 6.92 Å². The number of hydrogen-bond acceptors (Lipinski definition) is 1. The molecule has 0 aliphatic heterocycles. The van der Waals surface area contributed by atoms with E-state index in [1.54, 1.807) is 0 Å². The molecule has 0 rings (SSSR count). The lowest BCUT2D eigenvalue weighted by Crippen LogP contribution is -2.13. The second-order valence-electron chi connectivity index (χ2n) is 2.59. The molecule has 0 aromatic rings. The highest BCUT2D eigenvalue weighted by Gasteiger charge is 2.32. The fraction of sp³-hybridized carbons (Fsp3) is 0.667. The minimum absolute atomic E-state index is 0.194. The summed E-state index contributed by atoms with van der Waals surface area (Å²) in [6.45, 7) is 4.42. The Morgan fingerprint density at radius 2 is 2.09 bits per heavy atom. The van der Waals surface area contributed by atoms with Crippen molar-refractivity contribution >= 4 is 7.48 Å². The van der Waals surface area contributed by atoms with Gasteiger partial charge in [-0.05, 0) is 12.2 Å². The van der Waals surface area contributed by atoms with Crippen molar-refractivity contribution in [2.75, 3.05) is 0 Å². The van der Waals surface area contributed by atoms with Crippen molar-refractivity contribution in [3.05, 3.63) is 12.2 Å². The maximum atomic E-state index is 11.8. The van der Waals surface area contributed by atoms with Gasteiger partial charge in [-0.15, -0.1) is 0 Å². The van der Waals surface area contributed by atoms with E-state index in [0.29, 0.717) is 0 Å². The number of allylic oxidation sites excluding steroid dienone is 1. The molecule has 1 atom stereocenters. The van der Waals surface area contributed by atoms with E-state index >= 15 is 0 Å². The molecule has 0 amide bonds. The first-order valence-corrected chi connectivity index (χ1v) is 3.23. The summed E-state index contributed by atoms with van der Waals surface area (Å²) in [5.41, 5.74) is -0.779. The van der Waals surface area contributed by atoms with Crippen LogP contribution in [0, 0.1) is 0 Å². The van der Waals surface area contributed by atoms with E-state index in [0.717, 1.165) is 0 Å². The predicted octanol–water partition coefficient (Wildman–Crippen LogP) is 1.65. The van der Waals surface area contributed by atoms with Gasteiger partial charge in [0, 0.05) is 5.57 Å². The average Bonchev–Trinajstić information content (AvgIpc) is 1.85. The molecule has 1 unspecified atom stereocenters. The van der Waals surface area contributed by atoms with Crippen LogP contribution in [-0.4, -0.2) is 18.7 Å². The maximum absolute atomic E-state index is 11.8. The molecule has 0 aliphatic carbocycles. The summed E-state index contributed by atoms with van der Waals surface area (Å²) in [7, 11) is -0.241. The molecule has 1 N–H and O–H groups in total. The molecule has 0 radical (unpaired) electrons. The molecule has 0 saturated heterocycles. The van der Waals surface area contributed by atoms with Gasteiger partial charge in [0.15, 0.2) is 0 Å². The number of alkyl halides is 3. The molecule has 0 fully saturated rings. The zero-order valence-corrected chi connectivity index (χ0v) is 6.28. The SMILES string of the molecule is C=C(CC(C)BO)C(F)(F)F. The molecule has 1 nitrogen and oxygen atoms in total. The fourth-order valence-electron chi connectivity index (χ4n) is 0.601. The normalized spacial score (nSPS) is 14.3. The largest absolute Gasteiger partial charge is 0.454 e. The Bertz CT molecular complexity index is 143. The Morgan fingerprint density at radius 1 is 1.64 bits per heavy atom. The predicted molar refractivity (Wildman–Crippen MR) is 38.6 cm³/mol. The summed E-state index contributed by atoms with van der Waals surface area (Å²) >= 11 is 0. The molecule has 5 heteroatoms. The summed E-state index contributed by atoms with van der Waals surface area (Å²) in [5, 5.41) is 8.44.